The molecule has 0 spiro atoms. The smallest absolute Gasteiger partial charge is 0.309 e. The third kappa shape index (κ3) is 4.25. The molecule has 1 amide bonds. The summed E-state index contributed by atoms with van der Waals surface area (Å²) < 4.78 is 39.1. The van der Waals surface area contributed by atoms with E-state index in [9.17, 15) is 22.8 Å². The molecule has 3 aromatic heterocycles. The molecule has 142 valence electrons. The number of thiophene rings is 1. The van der Waals surface area contributed by atoms with E-state index in [1.807, 2.05) is 0 Å². The SMILES string of the molecule is Cn1c(SCC(=O)Nc2ncc(C(F)(F)F)cc2Cl)nc2sccc2c1=O. The van der Waals surface area contributed by atoms with Gasteiger partial charge in [0.1, 0.15) is 4.83 Å². The standard InChI is InChI=1S/C15H10ClF3N4O2S2/c1-23-13(25)8-2-3-26-12(8)22-14(23)27-6-10(24)21-11-9(16)4-7(5-20-11)15(17,18)19/h2-5H,6H2,1H3,(H,20,21,24). The van der Waals surface area contributed by atoms with Crippen LogP contribution in [-0.4, -0.2) is 26.2 Å². The third-order valence-electron chi connectivity index (χ3n) is 3.42. The third-order valence-corrected chi connectivity index (χ3v) is 5.55. The zero-order valence-corrected chi connectivity index (χ0v) is 15.9. The molecule has 3 heterocycles. The van der Waals surface area contributed by atoms with E-state index >= 15 is 0 Å². The van der Waals surface area contributed by atoms with Gasteiger partial charge >= 0.3 is 6.18 Å². The number of anilines is 1. The average molecular weight is 435 g/mol. The number of amides is 1. The molecule has 6 nitrogen and oxygen atoms in total. The summed E-state index contributed by atoms with van der Waals surface area (Å²) >= 11 is 8.08. The second kappa shape index (κ2) is 7.49. The van der Waals surface area contributed by atoms with Crippen molar-refractivity contribution >= 4 is 56.6 Å². The molecule has 27 heavy (non-hydrogen) atoms. The fourth-order valence-electron chi connectivity index (χ4n) is 2.09. The molecular weight excluding hydrogens is 425 g/mol. The van der Waals surface area contributed by atoms with Gasteiger partial charge in [-0.3, -0.25) is 14.2 Å². The van der Waals surface area contributed by atoms with Crippen LogP contribution < -0.4 is 10.9 Å². The van der Waals surface area contributed by atoms with Gasteiger partial charge in [0, 0.05) is 13.2 Å². The highest BCUT2D eigenvalue weighted by molar-refractivity contribution is 7.99. The number of thioether (sulfide) groups is 1. The van der Waals surface area contributed by atoms with Crippen LogP contribution in [0, 0.1) is 0 Å². The van der Waals surface area contributed by atoms with E-state index in [4.69, 9.17) is 11.6 Å². The Kier molecular flexibility index (Phi) is 5.45. The molecule has 12 heteroatoms. The Hall–Kier alpha value is -2.11. The predicted molar refractivity (Wildman–Crippen MR) is 98.5 cm³/mol. The van der Waals surface area contributed by atoms with Crippen molar-refractivity contribution in [1.82, 2.24) is 14.5 Å². The summed E-state index contributed by atoms with van der Waals surface area (Å²) in [5.41, 5.74) is -1.24. The molecule has 1 N–H and O–H groups in total. The van der Waals surface area contributed by atoms with Crippen molar-refractivity contribution in [2.75, 3.05) is 11.1 Å². The van der Waals surface area contributed by atoms with Gasteiger partial charge in [0.15, 0.2) is 11.0 Å². The van der Waals surface area contributed by atoms with Gasteiger partial charge in [-0.05, 0) is 17.5 Å². The van der Waals surface area contributed by atoms with E-state index in [0.717, 1.165) is 11.8 Å². The van der Waals surface area contributed by atoms with Crippen LogP contribution in [-0.2, 0) is 18.0 Å². The molecule has 0 unspecified atom stereocenters. The summed E-state index contributed by atoms with van der Waals surface area (Å²) in [6.07, 6.45) is -3.99. The van der Waals surface area contributed by atoms with Crippen LogP contribution >= 0.6 is 34.7 Å². The number of hydrogen-bond donors (Lipinski definition) is 1. The van der Waals surface area contributed by atoms with Crippen LogP contribution in [0.4, 0.5) is 19.0 Å². The van der Waals surface area contributed by atoms with Crippen molar-refractivity contribution in [2.24, 2.45) is 7.05 Å². The highest BCUT2D eigenvalue weighted by Crippen LogP contribution is 2.32. The highest BCUT2D eigenvalue weighted by Gasteiger charge is 2.31. The summed E-state index contributed by atoms with van der Waals surface area (Å²) in [6.45, 7) is 0. The number of halogens is 4. The molecule has 0 aliphatic rings. The topological polar surface area (TPSA) is 76.9 Å². The fourth-order valence-corrected chi connectivity index (χ4v) is 3.88. The van der Waals surface area contributed by atoms with Gasteiger partial charge in [-0.2, -0.15) is 13.2 Å². The molecule has 0 aliphatic heterocycles. The van der Waals surface area contributed by atoms with Crippen LogP contribution in [0.25, 0.3) is 10.2 Å². The molecule has 0 aliphatic carbocycles. The van der Waals surface area contributed by atoms with E-state index in [-0.39, 0.29) is 22.2 Å². The van der Waals surface area contributed by atoms with Crippen LogP contribution in [0.5, 0.6) is 0 Å². The van der Waals surface area contributed by atoms with Gasteiger partial charge in [0.05, 0.1) is 21.7 Å². The Morgan fingerprint density at radius 2 is 2.19 bits per heavy atom. The number of alkyl halides is 3. The quantitative estimate of drug-likeness (QED) is 0.499. The van der Waals surface area contributed by atoms with Crippen LogP contribution in [0.15, 0.2) is 33.7 Å². The lowest BCUT2D eigenvalue weighted by Gasteiger charge is -2.10. The number of pyridine rings is 1. The minimum Gasteiger partial charge on any atom is -0.309 e. The predicted octanol–water partition coefficient (Wildman–Crippen LogP) is 3.79. The molecule has 0 atom stereocenters. The maximum absolute atomic E-state index is 12.6. The number of fused-ring (bicyclic) bond motifs is 1. The molecule has 3 rings (SSSR count). The molecule has 0 aromatic carbocycles. The van der Waals surface area contributed by atoms with Crippen molar-refractivity contribution in [3.8, 4) is 0 Å². The van der Waals surface area contributed by atoms with Crippen molar-refractivity contribution in [3.63, 3.8) is 0 Å². The van der Waals surface area contributed by atoms with Crippen molar-refractivity contribution in [3.05, 3.63) is 44.6 Å². The van der Waals surface area contributed by atoms with Gasteiger partial charge in [-0.15, -0.1) is 11.3 Å². The number of carbonyl (C=O) groups excluding carboxylic acids is 1. The first-order valence-electron chi connectivity index (χ1n) is 7.26. The monoisotopic (exact) mass is 434 g/mol. The fraction of sp³-hybridized carbons (Fsp3) is 0.200. The summed E-state index contributed by atoms with van der Waals surface area (Å²) in [5, 5.41) is 4.61. The zero-order valence-electron chi connectivity index (χ0n) is 13.5. The summed E-state index contributed by atoms with van der Waals surface area (Å²) in [6, 6.07) is 2.36. The lowest BCUT2D eigenvalue weighted by Crippen LogP contribution is -2.21. The van der Waals surface area contributed by atoms with Crippen molar-refractivity contribution < 1.29 is 18.0 Å². The van der Waals surface area contributed by atoms with E-state index in [1.54, 1.807) is 18.5 Å². The van der Waals surface area contributed by atoms with E-state index < -0.39 is 17.6 Å². The molecule has 0 saturated carbocycles. The van der Waals surface area contributed by atoms with Gasteiger partial charge in [-0.25, -0.2) is 9.97 Å². The Morgan fingerprint density at radius 3 is 2.85 bits per heavy atom. The van der Waals surface area contributed by atoms with Crippen LogP contribution in [0.2, 0.25) is 5.02 Å². The van der Waals surface area contributed by atoms with Crippen molar-refractivity contribution in [1.29, 1.82) is 0 Å². The summed E-state index contributed by atoms with van der Waals surface area (Å²) in [4.78, 5) is 32.7. The lowest BCUT2D eigenvalue weighted by molar-refractivity contribution is -0.137. The maximum atomic E-state index is 12.6. The summed E-state index contributed by atoms with van der Waals surface area (Å²) in [7, 11) is 1.54. The normalized spacial score (nSPS) is 11.7. The number of rotatable bonds is 4. The van der Waals surface area contributed by atoms with Gasteiger partial charge in [0.25, 0.3) is 5.56 Å². The molecule has 0 fully saturated rings. The van der Waals surface area contributed by atoms with E-state index in [2.05, 4.69) is 15.3 Å². The number of carbonyl (C=O) groups is 1. The summed E-state index contributed by atoms with van der Waals surface area (Å²) in [5.74, 6) is -0.851. The number of nitrogens with one attached hydrogen (secondary N) is 1. The number of hydrogen-bond acceptors (Lipinski definition) is 6. The molecule has 0 bridgehead atoms. The Morgan fingerprint density at radius 1 is 1.44 bits per heavy atom. The molecule has 3 aromatic rings. The lowest BCUT2D eigenvalue weighted by atomic mass is 10.3. The van der Waals surface area contributed by atoms with Gasteiger partial charge in [-0.1, -0.05) is 23.4 Å². The Bertz CT molecular complexity index is 1080. The van der Waals surface area contributed by atoms with Crippen LogP contribution in [0.1, 0.15) is 5.56 Å². The largest absolute Gasteiger partial charge is 0.417 e. The molecule has 0 radical (unpaired) electrons. The highest BCUT2D eigenvalue weighted by atomic mass is 35.5. The van der Waals surface area contributed by atoms with Gasteiger partial charge in [0.2, 0.25) is 5.91 Å². The first-order chi connectivity index (χ1) is 12.7. The minimum absolute atomic E-state index is 0.129. The van der Waals surface area contributed by atoms with E-state index in [0.29, 0.717) is 27.6 Å². The van der Waals surface area contributed by atoms with E-state index in [1.165, 1.54) is 15.9 Å². The van der Waals surface area contributed by atoms with Crippen LogP contribution in [0.3, 0.4) is 0 Å². The maximum Gasteiger partial charge on any atom is 0.417 e. The minimum atomic E-state index is -4.58. The first kappa shape index (κ1) is 19.6. The first-order valence-corrected chi connectivity index (χ1v) is 9.51. The number of aromatic nitrogens is 3. The second-order valence-electron chi connectivity index (χ2n) is 5.29. The second-order valence-corrected chi connectivity index (χ2v) is 7.53. The average Bonchev–Trinajstić information content (AvgIpc) is 3.06. The number of nitrogens with zero attached hydrogens (tertiary/aromatic N) is 3. The Balaban J connectivity index is 1.70. The Labute approximate surface area is 163 Å². The molecule has 0 saturated heterocycles. The zero-order chi connectivity index (χ0) is 19.8. The molecular formula is C15H10ClF3N4O2S2. The van der Waals surface area contributed by atoms with Gasteiger partial charge < -0.3 is 5.32 Å². The van der Waals surface area contributed by atoms with Crippen molar-refractivity contribution in [2.45, 2.75) is 11.3 Å².